The zero-order valence-electron chi connectivity index (χ0n) is 12.9. The number of aliphatic hydroxyl groups is 1. The minimum absolute atomic E-state index is 0.0426. The largest absolute Gasteiger partial charge is 0.482 e. The molecule has 1 aliphatic rings. The number of alkyl halides is 1. The van der Waals surface area contributed by atoms with Crippen LogP contribution in [0.25, 0.3) is 0 Å². The molecule has 1 aromatic heterocycles. The molecule has 2 N–H and O–H groups in total. The first-order chi connectivity index (χ1) is 10.4. The molecule has 1 fully saturated rings. The zero-order chi connectivity index (χ0) is 16.4. The van der Waals surface area contributed by atoms with Crippen molar-refractivity contribution < 1.29 is 23.7 Å². The molecule has 22 heavy (non-hydrogen) atoms. The van der Waals surface area contributed by atoms with Gasteiger partial charge in [0.15, 0.2) is 11.4 Å². The van der Waals surface area contributed by atoms with E-state index in [-0.39, 0.29) is 30.4 Å². The lowest BCUT2D eigenvalue weighted by atomic mass is 9.72. The van der Waals surface area contributed by atoms with Crippen molar-refractivity contribution in [2.75, 3.05) is 21.3 Å². The third-order valence-electron chi connectivity index (χ3n) is 4.00. The highest BCUT2D eigenvalue weighted by Gasteiger charge is 2.60. The van der Waals surface area contributed by atoms with E-state index in [9.17, 15) is 5.11 Å². The van der Waals surface area contributed by atoms with E-state index in [0.717, 1.165) is 0 Å². The van der Waals surface area contributed by atoms with E-state index >= 15 is 4.39 Å². The fourth-order valence-electron chi connectivity index (χ4n) is 2.70. The molecule has 0 radical (unpaired) electrons. The molecule has 0 spiro atoms. The third-order valence-corrected chi connectivity index (χ3v) is 4.00. The molecular weight excluding hydrogens is 293 g/mol. The number of nitrogens with one attached hydrogen (secondary N) is 1. The van der Waals surface area contributed by atoms with Crippen molar-refractivity contribution in [1.29, 1.82) is 5.41 Å². The van der Waals surface area contributed by atoms with Gasteiger partial charge in [-0.3, -0.25) is 5.41 Å². The fraction of sp³-hybridized carbons (Fsp3) is 0.643. The number of rotatable bonds is 4. The second kappa shape index (κ2) is 6.04. The van der Waals surface area contributed by atoms with Gasteiger partial charge in [-0.1, -0.05) is 0 Å². The van der Waals surface area contributed by atoms with Gasteiger partial charge in [-0.15, -0.1) is 0 Å². The number of nitrogens with zero attached hydrogens (tertiary/aromatic N) is 2. The Morgan fingerprint density at radius 3 is 2.23 bits per heavy atom. The van der Waals surface area contributed by atoms with Crippen molar-refractivity contribution in [3.63, 3.8) is 0 Å². The molecule has 1 saturated carbocycles. The Labute approximate surface area is 128 Å². The lowest BCUT2D eigenvalue weighted by Crippen LogP contribution is -2.57. The third kappa shape index (κ3) is 2.47. The van der Waals surface area contributed by atoms with Gasteiger partial charge in [-0.2, -0.15) is 9.97 Å². The van der Waals surface area contributed by atoms with E-state index in [1.807, 2.05) is 0 Å². The molecule has 2 rings (SSSR count). The average molecular weight is 313 g/mol. The second-order valence-electron chi connectivity index (χ2n) is 5.18. The fourth-order valence-corrected chi connectivity index (χ4v) is 2.70. The highest BCUT2D eigenvalue weighted by atomic mass is 19.1. The van der Waals surface area contributed by atoms with Crippen LogP contribution in [0.4, 0.5) is 4.39 Å². The molecule has 0 amide bonds. The molecule has 1 aliphatic carbocycles. The van der Waals surface area contributed by atoms with E-state index < -0.39 is 17.2 Å². The average Bonchev–Trinajstić information content (AvgIpc) is 2.56. The van der Waals surface area contributed by atoms with Gasteiger partial charge in [0.2, 0.25) is 23.3 Å². The molecule has 7 nitrogen and oxygen atoms in total. The van der Waals surface area contributed by atoms with Crippen LogP contribution in [0.3, 0.4) is 0 Å². The lowest BCUT2D eigenvalue weighted by Gasteiger charge is -2.42. The van der Waals surface area contributed by atoms with Crippen LogP contribution in [0, 0.1) is 5.41 Å². The van der Waals surface area contributed by atoms with Gasteiger partial charge in [0.1, 0.15) is 0 Å². The number of halogens is 1. The molecule has 8 heteroatoms. The first-order valence-electron chi connectivity index (χ1n) is 6.93. The van der Waals surface area contributed by atoms with Gasteiger partial charge in [-0.05, 0) is 25.7 Å². The first kappa shape index (κ1) is 16.4. The molecular formula is C14H20FN3O4. The van der Waals surface area contributed by atoms with Gasteiger partial charge in [0.05, 0.1) is 27.4 Å². The predicted molar refractivity (Wildman–Crippen MR) is 76.1 cm³/mol. The lowest BCUT2D eigenvalue weighted by molar-refractivity contribution is -0.115. The van der Waals surface area contributed by atoms with Gasteiger partial charge in [0.25, 0.3) is 0 Å². The maximum Gasteiger partial charge on any atom is 0.222 e. The Balaban J connectivity index is 2.57. The van der Waals surface area contributed by atoms with Gasteiger partial charge in [0, 0.05) is 0 Å². The number of ether oxygens (including phenoxy) is 3. The van der Waals surface area contributed by atoms with E-state index in [1.54, 1.807) is 0 Å². The number of aromatic nitrogens is 2. The van der Waals surface area contributed by atoms with Crippen LogP contribution in [-0.4, -0.2) is 48.0 Å². The Kier molecular flexibility index (Phi) is 4.50. The summed E-state index contributed by atoms with van der Waals surface area (Å²) < 4.78 is 30.2. The highest BCUT2D eigenvalue weighted by Crippen LogP contribution is 2.47. The molecule has 0 aliphatic heterocycles. The van der Waals surface area contributed by atoms with Crippen molar-refractivity contribution in [3.05, 3.63) is 11.9 Å². The van der Waals surface area contributed by atoms with E-state index in [0.29, 0.717) is 12.8 Å². The van der Waals surface area contributed by atoms with Gasteiger partial charge in [-0.25, -0.2) is 4.39 Å². The summed E-state index contributed by atoms with van der Waals surface area (Å²) in [4.78, 5) is 8.10. The number of methoxy groups -OCH3 is 3. The second-order valence-corrected chi connectivity index (χ2v) is 5.18. The van der Waals surface area contributed by atoms with E-state index in [1.165, 1.54) is 27.4 Å². The summed E-state index contributed by atoms with van der Waals surface area (Å²) in [6.45, 7) is 0. The number of hydrogen-bond donors (Lipinski definition) is 2. The van der Waals surface area contributed by atoms with Gasteiger partial charge >= 0.3 is 0 Å². The molecule has 122 valence electrons. The normalized spacial score (nSPS) is 28.0. The van der Waals surface area contributed by atoms with Crippen molar-refractivity contribution in [2.45, 2.75) is 37.0 Å². The van der Waals surface area contributed by atoms with E-state index in [4.69, 9.17) is 19.6 Å². The van der Waals surface area contributed by atoms with Crippen LogP contribution in [0.2, 0.25) is 0 Å². The number of hydrogen-bond acceptors (Lipinski definition) is 7. The van der Waals surface area contributed by atoms with Crippen LogP contribution in [0.5, 0.6) is 11.8 Å². The highest BCUT2D eigenvalue weighted by molar-refractivity contribution is 5.84. The minimum Gasteiger partial charge on any atom is -0.482 e. The molecule has 0 saturated heterocycles. The van der Waals surface area contributed by atoms with Crippen LogP contribution < -0.4 is 9.47 Å². The van der Waals surface area contributed by atoms with Crippen molar-refractivity contribution in [2.24, 2.45) is 0 Å². The van der Waals surface area contributed by atoms with E-state index in [2.05, 4.69) is 9.97 Å². The zero-order valence-corrected chi connectivity index (χ0v) is 12.9. The van der Waals surface area contributed by atoms with Crippen LogP contribution in [-0.2, 0) is 10.3 Å². The summed E-state index contributed by atoms with van der Waals surface area (Å²) in [7, 11) is 4.00. The van der Waals surface area contributed by atoms with Crippen LogP contribution in [0.15, 0.2) is 6.07 Å². The summed E-state index contributed by atoms with van der Waals surface area (Å²) in [5, 5.41) is 18.7. The van der Waals surface area contributed by atoms with Crippen molar-refractivity contribution in [1.82, 2.24) is 9.97 Å². The van der Waals surface area contributed by atoms with Crippen LogP contribution in [0.1, 0.15) is 31.5 Å². The Morgan fingerprint density at radius 2 is 1.73 bits per heavy atom. The molecule has 1 heterocycles. The maximum absolute atomic E-state index is 15.4. The predicted octanol–water partition coefficient (Wildman–Crippen LogP) is 1.59. The topological polar surface area (TPSA) is 97.6 Å². The Bertz CT molecular complexity index is 549. The Hall–Kier alpha value is -1.96. The first-order valence-corrected chi connectivity index (χ1v) is 6.93. The monoisotopic (exact) mass is 313 g/mol. The SMILES string of the molecule is COC(=N)C1(F)CCCCC1(O)c1nc(OC)cc(OC)n1. The minimum atomic E-state index is -2.39. The molecule has 0 aromatic carbocycles. The molecule has 2 atom stereocenters. The maximum atomic E-state index is 15.4. The smallest absolute Gasteiger partial charge is 0.222 e. The summed E-state index contributed by atoms with van der Waals surface area (Å²) in [5.74, 6) is -0.521. The summed E-state index contributed by atoms with van der Waals surface area (Å²) in [5.41, 5.74) is -4.46. The molecule has 2 unspecified atom stereocenters. The Morgan fingerprint density at radius 1 is 1.18 bits per heavy atom. The molecule has 0 bridgehead atoms. The van der Waals surface area contributed by atoms with Crippen molar-refractivity contribution >= 4 is 5.90 Å². The molecule has 1 aromatic rings. The van der Waals surface area contributed by atoms with Crippen molar-refractivity contribution in [3.8, 4) is 11.8 Å². The summed E-state index contributed by atoms with van der Waals surface area (Å²) in [6, 6.07) is 1.43. The quantitative estimate of drug-likeness (QED) is 0.647. The summed E-state index contributed by atoms with van der Waals surface area (Å²) >= 11 is 0. The summed E-state index contributed by atoms with van der Waals surface area (Å²) in [6.07, 6.45) is 1.15. The standard InChI is InChI=1S/C14H20FN3O4/c1-20-9-8-10(21-2)18-12(17-9)14(19)7-5-4-6-13(14,15)11(16)22-3/h8,16,19H,4-7H2,1-3H3. The van der Waals surface area contributed by atoms with Crippen LogP contribution >= 0.6 is 0 Å². The van der Waals surface area contributed by atoms with Gasteiger partial charge < -0.3 is 19.3 Å².